The van der Waals surface area contributed by atoms with Crippen LogP contribution in [0.5, 0.6) is 0 Å². The van der Waals surface area contributed by atoms with Crippen LogP contribution >= 0.6 is 46.4 Å². The van der Waals surface area contributed by atoms with Crippen molar-refractivity contribution in [1.29, 1.82) is 0 Å². The van der Waals surface area contributed by atoms with E-state index in [4.69, 9.17) is 55.7 Å². The third kappa shape index (κ3) is 5.25. The molecule has 6 nitrogen and oxygen atoms in total. The summed E-state index contributed by atoms with van der Waals surface area (Å²) in [6, 6.07) is 10.1. The molecule has 10 heteroatoms. The fourth-order valence-electron chi connectivity index (χ4n) is 2.59. The van der Waals surface area contributed by atoms with Crippen LogP contribution in [0.2, 0.25) is 10.0 Å². The van der Waals surface area contributed by atoms with Crippen LogP contribution in [-0.2, 0) is 9.53 Å². The summed E-state index contributed by atoms with van der Waals surface area (Å²) in [5.41, 5.74) is 1.95. The van der Waals surface area contributed by atoms with Crippen molar-refractivity contribution in [2.75, 3.05) is 11.6 Å². The standard InChI is InChI=1S/C20H17Cl4N3O3/c1-11(2)29-10-27(20(28)19(23)24)12-6-7-25-15(8-12)17-9-16(26-30-17)18-13(21)4-3-5-14(18)22/h3-9,11,19H,10H2,1-2H3. The lowest BCUT2D eigenvalue weighted by Crippen LogP contribution is -2.37. The molecular weight excluding hydrogens is 472 g/mol. The van der Waals surface area contributed by atoms with Crippen LogP contribution in [0.4, 0.5) is 5.69 Å². The summed E-state index contributed by atoms with van der Waals surface area (Å²) in [6.45, 7) is 3.69. The van der Waals surface area contributed by atoms with Gasteiger partial charge in [-0.3, -0.25) is 14.7 Å². The van der Waals surface area contributed by atoms with E-state index in [1.807, 2.05) is 13.8 Å². The number of carbonyl (C=O) groups excluding carboxylic acids is 1. The van der Waals surface area contributed by atoms with Gasteiger partial charge in [-0.05, 0) is 38.1 Å². The number of amides is 1. The van der Waals surface area contributed by atoms with E-state index < -0.39 is 10.7 Å². The van der Waals surface area contributed by atoms with Crippen LogP contribution in [-0.4, -0.2) is 33.7 Å². The summed E-state index contributed by atoms with van der Waals surface area (Å²) in [7, 11) is 0. The zero-order valence-corrected chi connectivity index (χ0v) is 19.0. The van der Waals surface area contributed by atoms with Crippen molar-refractivity contribution >= 4 is 58.0 Å². The summed E-state index contributed by atoms with van der Waals surface area (Å²) in [5, 5.41) is 4.94. The first-order valence-corrected chi connectivity index (χ1v) is 10.5. The van der Waals surface area contributed by atoms with Crippen LogP contribution in [0, 0.1) is 0 Å². The second-order valence-corrected chi connectivity index (χ2v) is 8.39. The molecule has 0 bridgehead atoms. The number of nitrogens with zero attached hydrogens (tertiary/aromatic N) is 3. The quantitative estimate of drug-likeness (QED) is 0.291. The molecule has 2 heterocycles. The van der Waals surface area contributed by atoms with Crippen LogP contribution in [0.3, 0.4) is 0 Å². The lowest BCUT2D eigenvalue weighted by Gasteiger charge is -2.24. The number of carbonyl (C=O) groups is 1. The topological polar surface area (TPSA) is 68.5 Å². The summed E-state index contributed by atoms with van der Waals surface area (Å²) in [6.07, 6.45) is 1.44. The van der Waals surface area contributed by atoms with Crippen molar-refractivity contribution < 1.29 is 14.1 Å². The van der Waals surface area contributed by atoms with Gasteiger partial charge in [0.05, 0.1) is 16.1 Å². The SMILES string of the molecule is CC(C)OCN(C(=O)C(Cl)Cl)c1ccnc(-c2cc(-c3c(Cl)cccc3Cl)no2)c1. The van der Waals surface area contributed by atoms with Crippen molar-refractivity contribution in [2.24, 2.45) is 0 Å². The zero-order valence-electron chi connectivity index (χ0n) is 16.0. The van der Waals surface area contributed by atoms with Gasteiger partial charge in [0.25, 0.3) is 5.91 Å². The van der Waals surface area contributed by atoms with E-state index in [0.29, 0.717) is 38.4 Å². The van der Waals surface area contributed by atoms with Gasteiger partial charge in [-0.1, -0.05) is 57.6 Å². The summed E-state index contributed by atoms with van der Waals surface area (Å²) < 4.78 is 11.0. The lowest BCUT2D eigenvalue weighted by molar-refractivity contribution is -0.118. The van der Waals surface area contributed by atoms with Crippen LogP contribution < -0.4 is 4.90 Å². The average Bonchev–Trinajstić information content (AvgIpc) is 3.17. The van der Waals surface area contributed by atoms with E-state index in [-0.39, 0.29) is 12.8 Å². The Bertz CT molecular complexity index is 1020. The second-order valence-electron chi connectivity index (χ2n) is 6.48. The molecule has 1 aromatic carbocycles. The van der Waals surface area contributed by atoms with Gasteiger partial charge < -0.3 is 9.26 Å². The molecule has 158 valence electrons. The Balaban J connectivity index is 1.95. The van der Waals surface area contributed by atoms with E-state index in [0.717, 1.165) is 0 Å². The van der Waals surface area contributed by atoms with Crippen LogP contribution in [0.25, 0.3) is 22.7 Å². The number of hydrogen-bond donors (Lipinski definition) is 0. The van der Waals surface area contributed by atoms with Crippen LogP contribution in [0.1, 0.15) is 13.8 Å². The minimum atomic E-state index is -1.24. The molecule has 0 fully saturated rings. The summed E-state index contributed by atoms with van der Waals surface area (Å²) in [5.74, 6) is -0.148. The van der Waals surface area contributed by atoms with E-state index >= 15 is 0 Å². The summed E-state index contributed by atoms with van der Waals surface area (Å²) in [4.78, 5) is 16.9. The molecule has 30 heavy (non-hydrogen) atoms. The Morgan fingerprint density at radius 1 is 1.13 bits per heavy atom. The van der Waals surface area contributed by atoms with Crippen molar-refractivity contribution in [3.63, 3.8) is 0 Å². The van der Waals surface area contributed by atoms with Gasteiger partial charge in [-0.15, -0.1) is 0 Å². The molecule has 0 saturated heterocycles. The highest BCUT2D eigenvalue weighted by Crippen LogP contribution is 2.36. The number of pyridine rings is 1. The Kier molecular flexibility index (Phi) is 7.60. The van der Waals surface area contributed by atoms with Crippen molar-refractivity contribution in [3.8, 4) is 22.7 Å². The average molecular weight is 489 g/mol. The van der Waals surface area contributed by atoms with Crippen molar-refractivity contribution in [2.45, 2.75) is 24.8 Å². The smallest absolute Gasteiger partial charge is 0.262 e. The van der Waals surface area contributed by atoms with E-state index in [1.165, 1.54) is 11.1 Å². The minimum absolute atomic E-state index is 0.0211. The predicted molar refractivity (Wildman–Crippen MR) is 119 cm³/mol. The van der Waals surface area contributed by atoms with Gasteiger partial charge in [0.15, 0.2) is 10.6 Å². The molecule has 1 amide bonds. The van der Waals surface area contributed by atoms with Gasteiger partial charge in [0.2, 0.25) is 0 Å². The van der Waals surface area contributed by atoms with E-state index in [1.54, 1.807) is 36.4 Å². The molecule has 0 aliphatic rings. The molecule has 0 atom stereocenters. The molecule has 0 radical (unpaired) electrons. The lowest BCUT2D eigenvalue weighted by atomic mass is 10.1. The molecule has 0 N–H and O–H groups in total. The summed E-state index contributed by atoms with van der Waals surface area (Å²) >= 11 is 24.1. The Morgan fingerprint density at radius 2 is 1.83 bits per heavy atom. The van der Waals surface area contributed by atoms with E-state index in [9.17, 15) is 4.79 Å². The first kappa shape index (κ1) is 22.8. The van der Waals surface area contributed by atoms with E-state index in [2.05, 4.69) is 10.1 Å². The molecule has 0 aliphatic heterocycles. The molecular formula is C20H17Cl4N3O3. The van der Waals surface area contributed by atoms with Crippen molar-refractivity contribution in [3.05, 3.63) is 52.6 Å². The molecule has 2 aromatic heterocycles. The van der Waals surface area contributed by atoms with Gasteiger partial charge >= 0.3 is 0 Å². The molecule has 0 unspecified atom stereocenters. The number of ether oxygens (including phenoxy) is 1. The fraction of sp³-hybridized carbons (Fsp3) is 0.250. The number of aromatic nitrogens is 2. The Morgan fingerprint density at radius 3 is 2.47 bits per heavy atom. The zero-order chi connectivity index (χ0) is 21.8. The highest BCUT2D eigenvalue weighted by atomic mass is 35.5. The third-order valence-electron chi connectivity index (χ3n) is 4.03. The monoisotopic (exact) mass is 487 g/mol. The van der Waals surface area contributed by atoms with Crippen LogP contribution in [0.15, 0.2) is 47.1 Å². The maximum atomic E-state index is 12.5. The van der Waals surface area contributed by atoms with Gasteiger partial charge in [-0.25, -0.2) is 0 Å². The Hall–Kier alpha value is -1.83. The fourth-order valence-corrected chi connectivity index (χ4v) is 3.41. The molecule has 3 rings (SSSR count). The first-order chi connectivity index (χ1) is 14.3. The molecule has 0 saturated carbocycles. The number of alkyl halides is 2. The third-order valence-corrected chi connectivity index (χ3v) is 5.03. The Labute approximate surface area is 193 Å². The predicted octanol–water partition coefficient (Wildman–Crippen LogP) is 6.23. The number of halogens is 4. The normalized spacial score (nSPS) is 11.3. The number of rotatable bonds is 7. The maximum Gasteiger partial charge on any atom is 0.262 e. The maximum absolute atomic E-state index is 12.5. The molecule has 0 spiro atoms. The number of anilines is 1. The van der Waals surface area contributed by atoms with Gasteiger partial charge in [0, 0.05) is 23.5 Å². The van der Waals surface area contributed by atoms with Crippen molar-refractivity contribution in [1.82, 2.24) is 10.1 Å². The highest BCUT2D eigenvalue weighted by molar-refractivity contribution is 6.54. The molecule has 3 aromatic rings. The van der Waals surface area contributed by atoms with Gasteiger partial charge in [-0.2, -0.15) is 0 Å². The number of benzene rings is 1. The molecule has 0 aliphatic carbocycles. The highest BCUT2D eigenvalue weighted by Gasteiger charge is 2.24. The first-order valence-electron chi connectivity index (χ1n) is 8.86. The minimum Gasteiger partial charge on any atom is -0.358 e. The second kappa shape index (κ2) is 9.98. The largest absolute Gasteiger partial charge is 0.358 e. The van der Waals surface area contributed by atoms with Gasteiger partial charge in [0.1, 0.15) is 18.1 Å². The number of hydrogen-bond acceptors (Lipinski definition) is 5.